The first kappa shape index (κ1) is 22.7. The van der Waals surface area contributed by atoms with Crippen LogP contribution < -0.4 is 20.3 Å². The van der Waals surface area contributed by atoms with Crippen molar-refractivity contribution < 1.29 is 22.5 Å². The molecule has 2 aliphatic rings. The van der Waals surface area contributed by atoms with Crippen LogP contribution in [0.25, 0.3) is 11.3 Å². The quantitative estimate of drug-likeness (QED) is 0.666. The third-order valence-electron chi connectivity index (χ3n) is 5.64. The molecule has 4 rings (SSSR count). The molecule has 0 bridgehead atoms. The molecule has 174 valence electrons. The van der Waals surface area contributed by atoms with Gasteiger partial charge in [0, 0.05) is 24.4 Å². The molecule has 8 nitrogen and oxygen atoms in total. The van der Waals surface area contributed by atoms with Crippen molar-refractivity contribution in [2.45, 2.75) is 44.3 Å². The van der Waals surface area contributed by atoms with E-state index in [1.807, 2.05) is 18.7 Å². The first-order valence-corrected chi connectivity index (χ1v) is 11.7. The maximum absolute atomic E-state index is 13.9. The van der Waals surface area contributed by atoms with Gasteiger partial charge in [0.15, 0.2) is 11.6 Å². The third kappa shape index (κ3) is 4.80. The summed E-state index contributed by atoms with van der Waals surface area (Å²) in [6, 6.07) is 3.05. The molecule has 0 amide bonds. The summed E-state index contributed by atoms with van der Waals surface area (Å²) in [5, 5.41) is -0.0423. The van der Waals surface area contributed by atoms with Crippen molar-refractivity contribution in [1.82, 2.24) is 15.0 Å². The smallest absolute Gasteiger partial charge is 0.387 e. The van der Waals surface area contributed by atoms with E-state index in [0.717, 1.165) is 0 Å². The molecule has 0 saturated carbocycles. The molecule has 0 aliphatic carbocycles. The van der Waals surface area contributed by atoms with Gasteiger partial charge in [-0.05, 0) is 37.5 Å². The molecule has 2 aromatic heterocycles. The molecule has 4 atom stereocenters. The lowest BCUT2D eigenvalue weighted by molar-refractivity contribution is -0.0494. The van der Waals surface area contributed by atoms with Crippen LogP contribution in [0, 0.1) is 0 Å². The Morgan fingerprint density at radius 1 is 1.25 bits per heavy atom. The largest absolute Gasteiger partial charge is 0.616 e. The van der Waals surface area contributed by atoms with Gasteiger partial charge in [-0.2, -0.15) is 13.8 Å². The lowest BCUT2D eigenvalue weighted by Gasteiger charge is -2.38. The molecule has 2 aliphatic heterocycles. The number of halogens is 3. The summed E-state index contributed by atoms with van der Waals surface area (Å²) < 4.78 is 56.1. The van der Waals surface area contributed by atoms with Crippen LogP contribution in [0.1, 0.15) is 20.3 Å². The number of rotatable bonds is 5. The number of nitrogens with two attached hydrogens (primary N) is 1. The van der Waals surface area contributed by atoms with Gasteiger partial charge < -0.3 is 24.8 Å². The van der Waals surface area contributed by atoms with Crippen molar-refractivity contribution in [2.75, 3.05) is 40.9 Å². The lowest BCUT2D eigenvalue weighted by Crippen LogP contribution is -2.51. The second-order valence-corrected chi connectivity index (χ2v) is 9.99. The Bertz CT molecular complexity index is 971. The lowest BCUT2D eigenvalue weighted by atomic mass is 10.1. The number of nitrogens with zero attached hydrogens (tertiary/aromatic N) is 5. The van der Waals surface area contributed by atoms with Crippen molar-refractivity contribution in [2.24, 2.45) is 0 Å². The summed E-state index contributed by atoms with van der Waals surface area (Å²) in [4.78, 5) is 17.0. The zero-order valence-electron chi connectivity index (χ0n) is 17.7. The van der Waals surface area contributed by atoms with E-state index in [-0.39, 0.29) is 29.4 Å². The SMILES string of the molecule is C[C@H]1C[S+]([O-])[C@@H](C)CN1c1cc(-c2cnc(N)c(OC(F)F)c2)nc(N2CC[C@@H](F)C2)n1. The molecular formula is C20H25F3N6O2S. The highest BCUT2D eigenvalue weighted by Gasteiger charge is 2.34. The Morgan fingerprint density at radius 2 is 2.03 bits per heavy atom. The standard InChI is InChI=1S/C20H25F3N6O2S/c1-11-10-32(30)12(2)8-29(11)17-6-15(26-20(27-17)28-4-3-14(21)9-28)13-5-16(31-19(22)23)18(24)25-7-13/h5-7,11-12,14,19H,3-4,8-10H2,1-2H3,(H2,24,25)/t11-,12-,14+,32?/m0/s1. The molecule has 2 aromatic rings. The predicted octanol–water partition coefficient (Wildman–Crippen LogP) is 2.62. The normalized spacial score (nSPS) is 26.1. The van der Waals surface area contributed by atoms with Crippen LogP contribution in [-0.2, 0) is 11.2 Å². The van der Waals surface area contributed by atoms with Crippen molar-refractivity contribution in [3.63, 3.8) is 0 Å². The van der Waals surface area contributed by atoms with Gasteiger partial charge in [-0.25, -0.2) is 14.4 Å². The number of alkyl halides is 3. The van der Waals surface area contributed by atoms with E-state index in [4.69, 9.17) is 5.73 Å². The van der Waals surface area contributed by atoms with Crippen LogP contribution in [0.3, 0.4) is 0 Å². The summed E-state index contributed by atoms with van der Waals surface area (Å²) in [6.07, 6.45) is 0.837. The number of anilines is 3. The maximum atomic E-state index is 13.9. The maximum Gasteiger partial charge on any atom is 0.387 e. The molecule has 0 spiro atoms. The topological polar surface area (TPSA) is 103 Å². The minimum Gasteiger partial charge on any atom is -0.616 e. The van der Waals surface area contributed by atoms with Crippen molar-refractivity contribution in [1.29, 1.82) is 0 Å². The zero-order valence-corrected chi connectivity index (χ0v) is 18.6. The highest BCUT2D eigenvalue weighted by Crippen LogP contribution is 2.32. The van der Waals surface area contributed by atoms with Gasteiger partial charge in [0.25, 0.3) is 0 Å². The van der Waals surface area contributed by atoms with Gasteiger partial charge in [-0.15, -0.1) is 0 Å². The second-order valence-electron chi connectivity index (χ2n) is 8.09. The van der Waals surface area contributed by atoms with Crippen molar-refractivity contribution >= 4 is 28.8 Å². The van der Waals surface area contributed by atoms with Gasteiger partial charge in [0.1, 0.15) is 23.0 Å². The van der Waals surface area contributed by atoms with Crippen molar-refractivity contribution in [3.05, 3.63) is 18.3 Å². The van der Waals surface area contributed by atoms with Gasteiger partial charge in [0.2, 0.25) is 5.95 Å². The Morgan fingerprint density at radius 3 is 2.72 bits per heavy atom. The molecule has 0 radical (unpaired) electrons. The van der Waals surface area contributed by atoms with Crippen molar-refractivity contribution in [3.8, 4) is 17.0 Å². The van der Waals surface area contributed by atoms with E-state index in [1.165, 1.54) is 12.3 Å². The fourth-order valence-electron chi connectivity index (χ4n) is 3.89. The molecule has 32 heavy (non-hydrogen) atoms. The van der Waals surface area contributed by atoms with Gasteiger partial charge >= 0.3 is 6.61 Å². The van der Waals surface area contributed by atoms with Crippen LogP contribution in [-0.4, -0.2) is 69.0 Å². The number of ether oxygens (including phenoxy) is 1. The first-order chi connectivity index (χ1) is 15.2. The molecule has 1 unspecified atom stereocenters. The average Bonchev–Trinajstić information content (AvgIpc) is 3.18. The highest BCUT2D eigenvalue weighted by molar-refractivity contribution is 7.92. The summed E-state index contributed by atoms with van der Waals surface area (Å²) in [7, 11) is 0. The van der Waals surface area contributed by atoms with Gasteiger partial charge in [-0.1, -0.05) is 0 Å². The molecule has 2 saturated heterocycles. The minimum absolute atomic E-state index is 0.0302. The number of hydrogen-bond acceptors (Lipinski definition) is 8. The molecule has 12 heteroatoms. The summed E-state index contributed by atoms with van der Waals surface area (Å²) in [6.45, 7) is 2.03. The van der Waals surface area contributed by atoms with E-state index in [2.05, 4.69) is 19.7 Å². The molecule has 4 heterocycles. The molecule has 0 aromatic carbocycles. The Hall–Kier alpha value is -2.47. The van der Waals surface area contributed by atoms with Crippen LogP contribution in [0.2, 0.25) is 0 Å². The van der Waals surface area contributed by atoms with Crippen LogP contribution in [0.15, 0.2) is 18.3 Å². The second kappa shape index (κ2) is 9.18. The number of aromatic nitrogens is 3. The first-order valence-electron chi connectivity index (χ1n) is 10.3. The monoisotopic (exact) mass is 470 g/mol. The average molecular weight is 471 g/mol. The van der Waals surface area contributed by atoms with E-state index < -0.39 is 24.0 Å². The Balaban J connectivity index is 1.76. The zero-order chi connectivity index (χ0) is 23.0. The van der Waals surface area contributed by atoms with Gasteiger partial charge in [-0.3, -0.25) is 0 Å². The number of hydrogen-bond donors (Lipinski definition) is 1. The summed E-state index contributed by atoms with van der Waals surface area (Å²) in [5.74, 6) is 1.03. The van der Waals surface area contributed by atoms with Crippen LogP contribution in [0.4, 0.5) is 30.8 Å². The summed E-state index contributed by atoms with van der Waals surface area (Å²) >= 11 is -0.931. The van der Waals surface area contributed by atoms with Gasteiger partial charge in [0.05, 0.1) is 24.8 Å². The minimum atomic E-state index is -3.05. The number of pyridine rings is 1. The summed E-state index contributed by atoms with van der Waals surface area (Å²) in [5.41, 5.74) is 6.50. The number of nitrogen functional groups attached to an aromatic ring is 1. The van der Waals surface area contributed by atoms with E-state index >= 15 is 0 Å². The van der Waals surface area contributed by atoms with Crippen LogP contribution >= 0.6 is 0 Å². The van der Waals surface area contributed by atoms with E-state index in [0.29, 0.717) is 48.3 Å². The molecular weight excluding hydrogens is 445 g/mol. The van der Waals surface area contributed by atoms with E-state index in [1.54, 1.807) is 11.0 Å². The predicted molar refractivity (Wildman–Crippen MR) is 117 cm³/mol. The Kier molecular flexibility index (Phi) is 6.52. The van der Waals surface area contributed by atoms with Crippen LogP contribution in [0.5, 0.6) is 5.75 Å². The fraction of sp³-hybridized carbons (Fsp3) is 0.550. The molecule has 2 N–H and O–H groups in total. The fourth-order valence-corrected chi connectivity index (χ4v) is 5.21. The van der Waals surface area contributed by atoms with E-state index in [9.17, 15) is 17.7 Å². The third-order valence-corrected chi connectivity index (χ3v) is 7.50. The highest BCUT2D eigenvalue weighted by atomic mass is 32.2. The Labute approximate surface area is 187 Å². The molecule has 2 fully saturated rings.